The molecule has 0 saturated carbocycles. The maximum Gasteiger partial charge on any atom is 0.243 e. The smallest absolute Gasteiger partial charge is 0.243 e. The summed E-state index contributed by atoms with van der Waals surface area (Å²) in [6, 6.07) is 4.98. The summed E-state index contributed by atoms with van der Waals surface area (Å²) in [6.07, 6.45) is 6.85. The Morgan fingerprint density at radius 3 is 2.41 bits per heavy atom. The number of benzene rings is 1. The largest absolute Gasteiger partial charge is 0.339 e. The third-order valence-corrected chi connectivity index (χ3v) is 6.89. The molecule has 0 aliphatic carbocycles. The van der Waals surface area contributed by atoms with Crippen LogP contribution in [0, 0.1) is 18.2 Å². The number of amides is 1. The van der Waals surface area contributed by atoms with Crippen LogP contribution in [-0.2, 0) is 14.8 Å². The lowest BCUT2D eigenvalue weighted by Crippen LogP contribution is -2.54. The highest BCUT2D eigenvalue weighted by Gasteiger charge is 2.30. The Balaban J connectivity index is 1.94. The summed E-state index contributed by atoms with van der Waals surface area (Å²) in [6.45, 7) is 5.35. The van der Waals surface area contributed by atoms with Gasteiger partial charge in [0.2, 0.25) is 15.9 Å². The maximum absolute atomic E-state index is 13.3. The molecule has 1 aromatic carbocycles. The SMILES string of the molecule is C#CC(CC)(CC)NC(=O)CN1CCN(S(=O)(=O)c2cccc(F)c2)CC1. The topological polar surface area (TPSA) is 69.7 Å². The molecule has 1 heterocycles. The van der Waals surface area contributed by atoms with E-state index in [9.17, 15) is 17.6 Å². The Morgan fingerprint density at radius 2 is 1.89 bits per heavy atom. The van der Waals surface area contributed by atoms with Crippen molar-refractivity contribution in [2.75, 3.05) is 32.7 Å². The van der Waals surface area contributed by atoms with E-state index in [1.54, 1.807) is 0 Å². The molecule has 1 saturated heterocycles. The summed E-state index contributed by atoms with van der Waals surface area (Å²) in [5.41, 5.74) is -0.639. The zero-order valence-corrected chi connectivity index (χ0v) is 16.6. The molecule has 1 aromatic rings. The molecule has 0 radical (unpaired) electrons. The number of carbonyl (C=O) groups excluding carboxylic acids is 1. The van der Waals surface area contributed by atoms with Crippen LogP contribution in [0.5, 0.6) is 0 Å². The van der Waals surface area contributed by atoms with Gasteiger partial charge in [-0.1, -0.05) is 25.8 Å². The number of piperazine rings is 1. The van der Waals surface area contributed by atoms with Crippen molar-refractivity contribution in [1.82, 2.24) is 14.5 Å². The number of hydrogen-bond acceptors (Lipinski definition) is 4. The number of sulfonamides is 1. The number of halogens is 1. The first-order chi connectivity index (χ1) is 12.8. The second-order valence-corrected chi connectivity index (χ2v) is 8.56. The zero-order chi connectivity index (χ0) is 20.1. The third-order valence-electron chi connectivity index (χ3n) is 4.99. The first-order valence-electron chi connectivity index (χ1n) is 9.03. The minimum absolute atomic E-state index is 0.0570. The average Bonchev–Trinajstić information content (AvgIpc) is 2.66. The van der Waals surface area contributed by atoms with Crippen LogP contribution in [0.2, 0.25) is 0 Å². The molecule has 0 unspecified atom stereocenters. The molecule has 0 atom stereocenters. The van der Waals surface area contributed by atoms with E-state index >= 15 is 0 Å². The number of terminal acetylenes is 1. The molecule has 8 heteroatoms. The van der Waals surface area contributed by atoms with Crippen molar-refractivity contribution in [2.45, 2.75) is 37.1 Å². The highest BCUT2D eigenvalue weighted by molar-refractivity contribution is 7.89. The molecule has 0 spiro atoms. The number of nitrogens with one attached hydrogen (secondary N) is 1. The molecule has 0 aromatic heterocycles. The van der Waals surface area contributed by atoms with Crippen LogP contribution >= 0.6 is 0 Å². The van der Waals surface area contributed by atoms with Gasteiger partial charge < -0.3 is 5.32 Å². The van der Waals surface area contributed by atoms with Crippen molar-refractivity contribution >= 4 is 15.9 Å². The molecule has 6 nitrogen and oxygen atoms in total. The van der Waals surface area contributed by atoms with Crippen molar-refractivity contribution < 1.29 is 17.6 Å². The number of rotatable bonds is 7. The van der Waals surface area contributed by atoms with E-state index in [1.165, 1.54) is 22.5 Å². The van der Waals surface area contributed by atoms with Crippen molar-refractivity contribution in [3.05, 3.63) is 30.1 Å². The Labute approximate surface area is 160 Å². The molecule has 1 N–H and O–H groups in total. The predicted molar refractivity (Wildman–Crippen MR) is 102 cm³/mol. The lowest BCUT2D eigenvalue weighted by Gasteiger charge is -2.34. The summed E-state index contributed by atoms with van der Waals surface area (Å²) in [5, 5.41) is 2.91. The molecule has 1 amide bonds. The summed E-state index contributed by atoms with van der Waals surface area (Å²) in [4.78, 5) is 14.2. The summed E-state index contributed by atoms with van der Waals surface area (Å²) < 4.78 is 39.9. The highest BCUT2D eigenvalue weighted by Crippen LogP contribution is 2.18. The van der Waals surface area contributed by atoms with E-state index in [1.807, 2.05) is 18.7 Å². The summed E-state index contributed by atoms with van der Waals surface area (Å²) >= 11 is 0. The quantitative estimate of drug-likeness (QED) is 0.710. The van der Waals surface area contributed by atoms with E-state index in [4.69, 9.17) is 6.42 Å². The fourth-order valence-electron chi connectivity index (χ4n) is 3.08. The molecule has 1 aliphatic rings. The van der Waals surface area contributed by atoms with Gasteiger partial charge in [-0.3, -0.25) is 9.69 Å². The third kappa shape index (κ3) is 5.06. The standard InChI is InChI=1S/C19H26FN3O3S/c1-4-19(5-2,6-3)21-18(24)15-22-10-12-23(13-11-22)27(25,26)17-9-7-8-16(20)14-17/h1,7-9,14H,5-6,10-13,15H2,2-3H3,(H,21,24). The number of nitrogens with zero attached hydrogens (tertiary/aromatic N) is 2. The van der Waals surface area contributed by atoms with E-state index in [2.05, 4.69) is 11.2 Å². The van der Waals surface area contributed by atoms with Gasteiger partial charge in [-0.25, -0.2) is 12.8 Å². The van der Waals surface area contributed by atoms with Gasteiger partial charge in [0.05, 0.1) is 11.4 Å². The highest BCUT2D eigenvalue weighted by atomic mass is 32.2. The van der Waals surface area contributed by atoms with Gasteiger partial charge in [-0.05, 0) is 31.0 Å². The van der Waals surface area contributed by atoms with Crippen LogP contribution in [0.25, 0.3) is 0 Å². The van der Waals surface area contributed by atoms with Gasteiger partial charge in [-0.15, -0.1) is 6.42 Å². The van der Waals surface area contributed by atoms with Gasteiger partial charge in [0, 0.05) is 26.2 Å². The van der Waals surface area contributed by atoms with Gasteiger partial charge in [0.1, 0.15) is 11.4 Å². The van der Waals surface area contributed by atoms with Gasteiger partial charge >= 0.3 is 0 Å². The van der Waals surface area contributed by atoms with E-state index < -0.39 is 21.4 Å². The van der Waals surface area contributed by atoms with Crippen molar-refractivity contribution in [3.8, 4) is 12.3 Å². The van der Waals surface area contributed by atoms with Gasteiger partial charge in [0.15, 0.2) is 0 Å². The monoisotopic (exact) mass is 395 g/mol. The first kappa shape index (κ1) is 21.4. The Hall–Kier alpha value is -1.95. The van der Waals surface area contributed by atoms with Crippen molar-refractivity contribution in [2.24, 2.45) is 0 Å². The summed E-state index contributed by atoms with van der Waals surface area (Å²) in [5.74, 6) is 1.91. The molecule has 1 aliphatic heterocycles. The van der Waals surface area contributed by atoms with E-state index in [0.29, 0.717) is 25.9 Å². The normalized spacial score (nSPS) is 16.7. The number of hydrogen-bond donors (Lipinski definition) is 1. The van der Waals surface area contributed by atoms with Crippen molar-refractivity contribution in [1.29, 1.82) is 0 Å². The molecular formula is C19H26FN3O3S. The molecule has 27 heavy (non-hydrogen) atoms. The fraction of sp³-hybridized carbons (Fsp3) is 0.526. The Kier molecular flexibility index (Phi) is 6.98. The maximum atomic E-state index is 13.3. The predicted octanol–water partition coefficient (Wildman–Crippen LogP) is 1.44. The second kappa shape index (κ2) is 8.83. The number of carbonyl (C=O) groups is 1. The fourth-order valence-corrected chi connectivity index (χ4v) is 4.54. The molecule has 148 valence electrons. The van der Waals surface area contributed by atoms with Crippen LogP contribution in [0.1, 0.15) is 26.7 Å². The average molecular weight is 396 g/mol. The minimum Gasteiger partial charge on any atom is -0.339 e. The Morgan fingerprint density at radius 1 is 1.26 bits per heavy atom. The molecule has 2 rings (SSSR count). The van der Waals surface area contributed by atoms with E-state index in [0.717, 1.165) is 6.07 Å². The lowest BCUT2D eigenvalue weighted by molar-refractivity contribution is -0.123. The molecular weight excluding hydrogens is 369 g/mol. The second-order valence-electron chi connectivity index (χ2n) is 6.62. The molecule has 1 fully saturated rings. The van der Waals surface area contributed by atoms with Crippen molar-refractivity contribution in [3.63, 3.8) is 0 Å². The van der Waals surface area contributed by atoms with Crippen LogP contribution in [-0.4, -0.2) is 61.8 Å². The van der Waals surface area contributed by atoms with Crippen LogP contribution in [0.3, 0.4) is 0 Å². The van der Waals surface area contributed by atoms with Gasteiger partial charge in [0.25, 0.3) is 0 Å². The van der Waals surface area contributed by atoms with Crippen LogP contribution < -0.4 is 5.32 Å². The van der Waals surface area contributed by atoms with E-state index in [-0.39, 0.29) is 30.4 Å². The lowest BCUT2D eigenvalue weighted by atomic mass is 9.94. The van der Waals surface area contributed by atoms with Crippen LogP contribution in [0.4, 0.5) is 4.39 Å². The zero-order valence-electron chi connectivity index (χ0n) is 15.7. The van der Waals surface area contributed by atoms with Gasteiger partial charge in [-0.2, -0.15) is 4.31 Å². The first-order valence-corrected chi connectivity index (χ1v) is 10.5. The minimum atomic E-state index is -3.74. The van der Waals surface area contributed by atoms with Crippen LogP contribution in [0.15, 0.2) is 29.2 Å². The summed E-state index contributed by atoms with van der Waals surface area (Å²) in [7, 11) is -3.74. The Bertz CT molecular complexity index is 808. The molecule has 0 bridgehead atoms.